The average Bonchev–Trinajstić information content (AvgIpc) is 2.90. The normalized spacial score (nSPS) is 11.4. The first-order chi connectivity index (χ1) is 10.9. The van der Waals surface area contributed by atoms with Gasteiger partial charge >= 0.3 is 6.36 Å². The van der Waals surface area contributed by atoms with Crippen LogP contribution < -0.4 is 10.1 Å². The maximum absolute atomic E-state index is 12.2. The molecule has 7 heteroatoms. The number of hydrogen-bond donors (Lipinski definition) is 2. The summed E-state index contributed by atoms with van der Waals surface area (Å²) < 4.78 is 40.4. The zero-order valence-corrected chi connectivity index (χ0v) is 11.6. The molecule has 2 N–H and O–H groups in total. The SMILES string of the molecule is O=C(Nc1cccc(OC(F)(F)F)c1)c1cc2ccccc2[nH]1. The van der Waals surface area contributed by atoms with Crippen molar-refractivity contribution in [2.45, 2.75) is 6.36 Å². The molecule has 1 amide bonds. The van der Waals surface area contributed by atoms with E-state index < -0.39 is 18.0 Å². The Labute approximate surface area is 128 Å². The number of fused-ring (bicyclic) bond motifs is 1. The van der Waals surface area contributed by atoms with Gasteiger partial charge in [-0.15, -0.1) is 13.2 Å². The van der Waals surface area contributed by atoms with E-state index >= 15 is 0 Å². The van der Waals surface area contributed by atoms with Crippen molar-refractivity contribution in [3.05, 3.63) is 60.3 Å². The third-order valence-electron chi connectivity index (χ3n) is 3.10. The molecule has 0 atom stereocenters. The van der Waals surface area contributed by atoms with Crippen LogP contribution >= 0.6 is 0 Å². The van der Waals surface area contributed by atoms with E-state index in [0.29, 0.717) is 5.69 Å². The van der Waals surface area contributed by atoms with Crippen LogP contribution in [0.4, 0.5) is 18.9 Å². The largest absolute Gasteiger partial charge is 0.573 e. The lowest BCUT2D eigenvalue weighted by molar-refractivity contribution is -0.274. The number of H-pyrrole nitrogens is 1. The quantitative estimate of drug-likeness (QED) is 0.755. The molecule has 0 fully saturated rings. The Bertz CT molecular complexity index is 823. The number of carbonyl (C=O) groups excluding carboxylic acids is 1. The second-order valence-corrected chi connectivity index (χ2v) is 4.80. The van der Waals surface area contributed by atoms with Crippen molar-refractivity contribution in [2.24, 2.45) is 0 Å². The fourth-order valence-electron chi connectivity index (χ4n) is 2.17. The summed E-state index contributed by atoms with van der Waals surface area (Å²) in [7, 11) is 0. The first kappa shape index (κ1) is 15.0. The summed E-state index contributed by atoms with van der Waals surface area (Å²) in [5, 5.41) is 3.40. The van der Waals surface area contributed by atoms with Gasteiger partial charge in [-0.05, 0) is 24.3 Å². The van der Waals surface area contributed by atoms with Gasteiger partial charge in [-0.1, -0.05) is 24.3 Å². The first-order valence-electron chi connectivity index (χ1n) is 6.66. The maximum atomic E-state index is 12.2. The van der Waals surface area contributed by atoms with Crippen molar-refractivity contribution in [1.29, 1.82) is 0 Å². The fourth-order valence-corrected chi connectivity index (χ4v) is 2.17. The Kier molecular flexibility index (Phi) is 3.69. The summed E-state index contributed by atoms with van der Waals surface area (Å²) in [6.45, 7) is 0. The summed E-state index contributed by atoms with van der Waals surface area (Å²) in [5.41, 5.74) is 1.32. The molecule has 3 rings (SSSR count). The third kappa shape index (κ3) is 3.63. The molecule has 0 spiro atoms. The number of carbonyl (C=O) groups is 1. The van der Waals surface area contributed by atoms with Gasteiger partial charge in [0.1, 0.15) is 11.4 Å². The number of amides is 1. The monoisotopic (exact) mass is 320 g/mol. The summed E-state index contributed by atoms with van der Waals surface area (Å²) in [4.78, 5) is 15.1. The molecule has 4 nitrogen and oxygen atoms in total. The Morgan fingerprint density at radius 1 is 1.04 bits per heavy atom. The molecular formula is C16H11F3N2O2. The van der Waals surface area contributed by atoms with Gasteiger partial charge in [0.05, 0.1) is 0 Å². The number of aromatic amines is 1. The molecule has 0 saturated heterocycles. The Morgan fingerprint density at radius 3 is 2.57 bits per heavy atom. The molecule has 0 aliphatic rings. The van der Waals surface area contributed by atoms with E-state index in [0.717, 1.165) is 23.0 Å². The highest BCUT2D eigenvalue weighted by Crippen LogP contribution is 2.25. The highest BCUT2D eigenvalue weighted by atomic mass is 19.4. The van der Waals surface area contributed by atoms with Gasteiger partial charge in [-0.2, -0.15) is 0 Å². The van der Waals surface area contributed by atoms with Gasteiger partial charge in [0.25, 0.3) is 5.91 Å². The Morgan fingerprint density at radius 2 is 1.83 bits per heavy atom. The van der Waals surface area contributed by atoms with Crippen molar-refractivity contribution >= 4 is 22.5 Å². The molecule has 0 radical (unpaired) electrons. The van der Waals surface area contributed by atoms with Crippen molar-refractivity contribution < 1.29 is 22.7 Å². The molecule has 0 aliphatic carbocycles. The average molecular weight is 320 g/mol. The van der Waals surface area contributed by atoms with E-state index in [-0.39, 0.29) is 5.69 Å². The molecule has 0 saturated carbocycles. The van der Waals surface area contributed by atoms with Crippen LogP contribution in [0.2, 0.25) is 0 Å². The number of anilines is 1. The number of halogens is 3. The van der Waals surface area contributed by atoms with Crippen LogP contribution in [-0.4, -0.2) is 17.3 Å². The molecule has 23 heavy (non-hydrogen) atoms. The molecule has 0 aliphatic heterocycles. The second-order valence-electron chi connectivity index (χ2n) is 4.80. The van der Waals surface area contributed by atoms with Gasteiger partial charge in [0, 0.05) is 22.7 Å². The first-order valence-corrected chi connectivity index (χ1v) is 6.66. The Balaban J connectivity index is 1.78. The highest BCUT2D eigenvalue weighted by molar-refractivity contribution is 6.05. The molecule has 2 aromatic carbocycles. The lowest BCUT2D eigenvalue weighted by atomic mass is 10.2. The number of alkyl halides is 3. The smallest absolute Gasteiger partial charge is 0.406 e. The van der Waals surface area contributed by atoms with Crippen LogP contribution in [0.25, 0.3) is 10.9 Å². The second kappa shape index (κ2) is 5.68. The van der Waals surface area contributed by atoms with Gasteiger partial charge < -0.3 is 15.0 Å². The molecule has 1 aromatic heterocycles. The summed E-state index contributed by atoms with van der Waals surface area (Å²) in [6.07, 6.45) is -4.78. The van der Waals surface area contributed by atoms with E-state index in [1.165, 1.54) is 12.1 Å². The lowest BCUT2D eigenvalue weighted by Crippen LogP contribution is -2.17. The number of aromatic nitrogens is 1. The highest BCUT2D eigenvalue weighted by Gasteiger charge is 2.31. The van der Waals surface area contributed by atoms with Gasteiger partial charge in [-0.25, -0.2) is 0 Å². The van der Waals surface area contributed by atoms with Gasteiger partial charge in [0.15, 0.2) is 0 Å². The minimum atomic E-state index is -4.78. The van der Waals surface area contributed by atoms with Crippen molar-refractivity contribution in [3.63, 3.8) is 0 Å². The fraction of sp³-hybridized carbons (Fsp3) is 0.0625. The number of para-hydroxylation sites is 1. The Hall–Kier alpha value is -2.96. The molecule has 0 unspecified atom stereocenters. The van der Waals surface area contributed by atoms with Crippen LogP contribution in [0.5, 0.6) is 5.75 Å². The summed E-state index contributed by atoms with van der Waals surface area (Å²) >= 11 is 0. The van der Waals surface area contributed by atoms with E-state index in [2.05, 4.69) is 15.0 Å². The lowest BCUT2D eigenvalue weighted by Gasteiger charge is -2.10. The van der Waals surface area contributed by atoms with Crippen LogP contribution in [0.15, 0.2) is 54.6 Å². The number of ether oxygens (including phenoxy) is 1. The van der Waals surface area contributed by atoms with Crippen LogP contribution in [0.1, 0.15) is 10.5 Å². The predicted octanol–water partition coefficient (Wildman–Crippen LogP) is 4.32. The van der Waals surface area contributed by atoms with Crippen molar-refractivity contribution in [3.8, 4) is 5.75 Å². The zero-order chi connectivity index (χ0) is 16.4. The zero-order valence-electron chi connectivity index (χ0n) is 11.6. The predicted molar refractivity (Wildman–Crippen MR) is 79.4 cm³/mol. The number of rotatable bonds is 3. The topological polar surface area (TPSA) is 54.1 Å². The summed E-state index contributed by atoms with van der Waals surface area (Å²) in [5.74, 6) is -0.850. The summed E-state index contributed by atoms with van der Waals surface area (Å²) in [6, 6.07) is 14.1. The number of hydrogen-bond acceptors (Lipinski definition) is 2. The van der Waals surface area contributed by atoms with Crippen LogP contribution in [-0.2, 0) is 0 Å². The van der Waals surface area contributed by atoms with Crippen LogP contribution in [0.3, 0.4) is 0 Å². The molecular weight excluding hydrogens is 309 g/mol. The minimum Gasteiger partial charge on any atom is -0.406 e. The number of benzene rings is 2. The van der Waals surface area contributed by atoms with Crippen molar-refractivity contribution in [1.82, 2.24) is 4.98 Å². The van der Waals surface area contributed by atoms with Crippen LogP contribution in [0, 0.1) is 0 Å². The minimum absolute atomic E-state index is 0.204. The van der Waals surface area contributed by atoms with E-state index in [9.17, 15) is 18.0 Å². The van der Waals surface area contributed by atoms with Crippen molar-refractivity contribution in [2.75, 3.05) is 5.32 Å². The van der Waals surface area contributed by atoms with Gasteiger partial charge in [-0.3, -0.25) is 4.79 Å². The third-order valence-corrected chi connectivity index (χ3v) is 3.10. The van der Waals surface area contributed by atoms with Gasteiger partial charge in [0.2, 0.25) is 0 Å². The van der Waals surface area contributed by atoms with E-state index in [1.54, 1.807) is 6.07 Å². The molecule has 118 valence electrons. The standard InChI is InChI=1S/C16H11F3N2O2/c17-16(18,19)23-12-6-3-5-11(9-12)20-15(22)14-8-10-4-1-2-7-13(10)21-14/h1-9,21H,(H,20,22). The molecule has 1 heterocycles. The molecule has 0 bridgehead atoms. The van der Waals surface area contributed by atoms with E-state index in [1.807, 2.05) is 24.3 Å². The van der Waals surface area contributed by atoms with E-state index in [4.69, 9.17) is 0 Å². The number of nitrogens with one attached hydrogen (secondary N) is 2. The molecule has 3 aromatic rings. The maximum Gasteiger partial charge on any atom is 0.573 e.